The number of ether oxygens (including phenoxy) is 1. The van der Waals surface area contributed by atoms with Crippen molar-refractivity contribution in [1.29, 1.82) is 0 Å². The highest BCUT2D eigenvalue weighted by atomic mass is 35.7. The van der Waals surface area contributed by atoms with Crippen LogP contribution in [0.4, 0.5) is 0 Å². The molecule has 0 fully saturated rings. The molecule has 0 saturated carbocycles. The molecule has 0 amide bonds. The Morgan fingerprint density at radius 1 is 1.69 bits per heavy atom. The van der Waals surface area contributed by atoms with Gasteiger partial charge in [-0.1, -0.05) is 11.6 Å². The largest absolute Gasteiger partial charge is 0.362 e. The zero-order valence-corrected chi connectivity index (χ0v) is 8.90. The first-order chi connectivity index (χ1) is 5.96. The van der Waals surface area contributed by atoms with Crippen molar-refractivity contribution in [3.05, 3.63) is 11.2 Å². The monoisotopic (exact) mass is 244 g/mol. The predicted molar refractivity (Wildman–Crippen MR) is 47.3 cm³/mol. The first-order valence-electron chi connectivity index (χ1n) is 3.11. The number of halogens is 2. The van der Waals surface area contributed by atoms with E-state index >= 15 is 0 Å². The van der Waals surface area contributed by atoms with Crippen LogP contribution in [0.2, 0.25) is 5.02 Å². The molecule has 0 bridgehead atoms. The zero-order chi connectivity index (χ0) is 10.1. The maximum absolute atomic E-state index is 11.0. The molecule has 0 saturated heterocycles. The second-order valence-electron chi connectivity index (χ2n) is 2.15. The van der Waals surface area contributed by atoms with Gasteiger partial charge in [0.25, 0.3) is 9.05 Å². The molecular formula is C5H6Cl2N2O3S. The molecule has 74 valence electrons. The smallest absolute Gasteiger partial charge is 0.279 e. The van der Waals surface area contributed by atoms with Crippen LogP contribution in [-0.4, -0.2) is 25.3 Å². The van der Waals surface area contributed by atoms with Crippen LogP contribution < -0.4 is 0 Å². The fourth-order valence-electron chi connectivity index (χ4n) is 0.808. The highest BCUT2D eigenvalue weighted by Crippen LogP contribution is 2.23. The lowest BCUT2D eigenvalue weighted by Gasteiger charge is -2.02. The van der Waals surface area contributed by atoms with Crippen LogP contribution in [0, 0.1) is 0 Å². The maximum Gasteiger partial charge on any atom is 0.279 e. The average molecular weight is 245 g/mol. The Bertz CT molecular complexity index is 400. The molecule has 1 rings (SSSR count). The zero-order valence-electron chi connectivity index (χ0n) is 6.57. The first-order valence-corrected chi connectivity index (χ1v) is 5.80. The Labute approximate surface area is 84.6 Å². The second-order valence-corrected chi connectivity index (χ2v) is 5.04. The van der Waals surface area contributed by atoms with Crippen LogP contribution in [0.5, 0.6) is 0 Å². The molecular weight excluding hydrogens is 239 g/mol. The van der Waals surface area contributed by atoms with Gasteiger partial charge in [0.2, 0.25) is 0 Å². The van der Waals surface area contributed by atoms with Gasteiger partial charge in [-0.3, -0.25) is 0 Å². The van der Waals surface area contributed by atoms with Crippen LogP contribution in [0.15, 0.2) is 11.2 Å². The molecule has 0 aliphatic heterocycles. The van der Waals surface area contributed by atoms with Gasteiger partial charge in [-0.2, -0.15) is 5.10 Å². The summed E-state index contributed by atoms with van der Waals surface area (Å²) in [6, 6.07) is 0. The van der Waals surface area contributed by atoms with E-state index in [1.165, 1.54) is 13.3 Å². The lowest BCUT2D eigenvalue weighted by Crippen LogP contribution is -2.08. The van der Waals surface area contributed by atoms with Gasteiger partial charge < -0.3 is 4.74 Å². The number of hydrogen-bond donors (Lipinski definition) is 0. The number of nitrogens with zero attached hydrogens (tertiary/aromatic N) is 2. The number of methoxy groups -OCH3 is 1. The third kappa shape index (κ3) is 2.34. The standard InChI is InChI=1S/C5H6Cl2N2O3S/c1-12-3-9-5(13(7,10)11)4(6)2-8-9/h2H,3H2,1H3. The Morgan fingerprint density at radius 3 is 2.77 bits per heavy atom. The molecule has 0 aromatic carbocycles. The van der Waals surface area contributed by atoms with Crippen LogP contribution in [0.3, 0.4) is 0 Å². The highest BCUT2D eigenvalue weighted by Gasteiger charge is 2.21. The normalized spacial score (nSPS) is 11.9. The molecule has 13 heavy (non-hydrogen) atoms. The lowest BCUT2D eigenvalue weighted by molar-refractivity contribution is 0.113. The van der Waals surface area contributed by atoms with E-state index in [1.807, 2.05) is 0 Å². The SMILES string of the molecule is COCn1ncc(Cl)c1S(=O)(=O)Cl. The molecule has 0 spiro atoms. The van der Waals surface area contributed by atoms with Crippen molar-refractivity contribution >= 4 is 31.3 Å². The minimum Gasteiger partial charge on any atom is -0.362 e. The summed E-state index contributed by atoms with van der Waals surface area (Å²) < 4.78 is 27.7. The molecule has 0 atom stereocenters. The fraction of sp³-hybridized carbons (Fsp3) is 0.400. The quantitative estimate of drug-likeness (QED) is 0.747. The average Bonchev–Trinajstić information content (AvgIpc) is 2.31. The summed E-state index contributed by atoms with van der Waals surface area (Å²) in [5.41, 5.74) is 0. The molecule has 0 aliphatic carbocycles. The van der Waals surface area contributed by atoms with Crippen LogP contribution in [0.25, 0.3) is 0 Å². The summed E-state index contributed by atoms with van der Waals surface area (Å²) in [7, 11) is 2.64. The van der Waals surface area contributed by atoms with Crippen molar-refractivity contribution < 1.29 is 13.2 Å². The minimum absolute atomic E-state index is 0.0198. The topological polar surface area (TPSA) is 61.2 Å². The molecule has 0 aliphatic rings. The van der Waals surface area contributed by atoms with Gasteiger partial charge in [-0.15, -0.1) is 0 Å². The summed E-state index contributed by atoms with van der Waals surface area (Å²) in [6.07, 6.45) is 1.19. The fourth-order valence-corrected chi connectivity index (χ4v) is 2.50. The number of rotatable bonds is 3. The van der Waals surface area contributed by atoms with E-state index in [-0.39, 0.29) is 16.8 Å². The Morgan fingerprint density at radius 2 is 2.31 bits per heavy atom. The summed E-state index contributed by atoms with van der Waals surface area (Å²) >= 11 is 5.56. The number of aromatic nitrogens is 2. The van der Waals surface area contributed by atoms with E-state index in [0.717, 1.165) is 4.68 Å². The van der Waals surface area contributed by atoms with E-state index in [2.05, 4.69) is 5.10 Å². The Balaban J connectivity index is 3.25. The Hall–Kier alpha value is -0.300. The van der Waals surface area contributed by atoms with Crippen LogP contribution in [0.1, 0.15) is 0 Å². The summed E-state index contributed by atoms with van der Waals surface area (Å²) in [5, 5.41) is 3.39. The van der Waals surface area contributed by atoms with Crippen molar-refractivity contribution in [2.45, 2.75) is 11.8 Å². The second kappa shape index (κ2) is 3.83. The summed E-state index contributed by atoms with van der Waals surface area (Å²) in [5.74, 6) is 0. The molecule has 1 aromatic rings. The minimum atomic E-state index is -3.88. The van der Waals surface area contributed by atoms with Gasteiger partial charge in [0.15, 0.2) is 5.03 Å². The predicted octanol–water partition coefficient (Wildman–Crippen LogP) is 1.07. The third-order valence-corrected chi connectivity index (χ3v) is 2.95. The molecule has 5 nitrogen and oxygen atoms in total. The van der Waals surface area contributed by atoms with Gasteiger partial charge in [-0.05, 0) is 0 Å². The lowest BCUT2D eigenvalue weighted by atomic mass is 10.7. The highest BCUT2D eigenvalue weighted by molar-refractivity contribution is 8.13. The van der Waals surface area contributed by atoms with Crippen molar-refractivity contribution in [3.63, 3.8) is 0 Å². The van der Waals surface area contributed by atoms with Crippen LogP contribution in [-0.2, 0) is 20.5 Å². The molecule has 1 heterocycles. The van der Waals surface area contributed by atoms with Gasteiger partial charge in [0.05, 0.1) is 11.2 Å². The first kappa shape index (κ1) is 10.8. The molecule has 8 heteroatoms. The molecule has 0 radical (unpaired) electrons. The molecule has 1 aromatic heterocycles. The van der Waals surface area contributed by atoms with E-state index in [9.17, 15) is 8.42 Å². The maximum atomic E-state index is 11.0. The van der Waals surface area contributed by atoms with E-state index in [0.29, 0.717) is 0 Å². The third-order valence-electron chi connectivity index (χ3n) is 1.23. The van der Waals surface area contributed by atoms with Gasteiger partial charge in [0.1, 0.15) is 6.73 Å². The Kier molecular flexibility index (Phi) is 3.18. The van der Waals surface area contributed by atoms with Gasteiger partial charge in [-0.25, -0.2) is 13.1 Å². The number of hydrogen-bond acceptors (Lipinski definition) is 4. The van der Waals surface area contributed by atoms with Crippen molar-refractivity contribution in [2.24, 2.45) is 0 Å². The van der Waals surface area contributed by atoms with Crippen LogP contribution >= 0.6 is 22.3 Å². The van der Waals surface area contributed by atoms with Gasteiger partial charge >= 0.3 is 0 Å². The van der Waals surface area contributed by atoms with Gasteiger partial charge in [0, 0.05) is 17.8 Å². The van der Waals surface area contributed by atoms with E-state index < -0.39 is 9.05 Å². The molecule has 0 unspecified atom stereocenters. The van der Waals surface area contributed by atoms with Crippen molar-refractivity contribution in [2.75, 3.05) is 7.11 Å². The summed E-state index contributed by atoms with van der Waals surface area (Å²) in [6.45, 7) is -0.0198. The molecule has 0 N–H and O–H groups in total. The van der Waals surface area contributed by atoms with Crippen molar-refractivity contribution in [1.82, 2.24) is 9.78 Å². The summed E-state index contributed by atoms with van der Waals surface area (Å²) in [4.78, 5) is 0. The van der Waals surface area contributed by atoms with E-state index in [4.69, 9.17) is 27.0 Å². The van der Waals surface area contributed by atoms with Crippen molar-refractivity contribution in [3.8, 4) is 0 Å². The van der Waals surface area contributed by atoms with E-state index in [1.54, 1.807) is 0 Å².